The van der Waals surface area contributed by atoms with Crippen LogP contribution in [-0.2, 0) is 9.53 Å². The van der Waals surface area contributed by atoms with Crippen LogP contribution in [0.25, 0.3) is 0 Å². The van der Waals surface area contributed by atoms with Crippen LogP contribution in [-0.4, -0.2) is 12.1 Å². The van der Waals surface area contributed by atoms with Crippen LogP contribution in [0.2, 0.25) is 0 Å². The molecule has 15 heavy (non-hydrogen) atoms. The standard InChI is InChI=1S/C13H20O2/c1-5-12(14)15-11-7-9-6-10(11)13(3,4)8(9)2/h5,8-11H,1,6-7H2,2-4H3. The minimum absolute atomic E-state index is 0.131. The van der Waals surface area contributed by atoms with E-state index >= 15 is 0 Å². The van der Waals surface area contributed by atoms with E-state index in [2.05, 4.69) is 27.4 Å². The third kappa shape index (κ3) is 1.51. The Morgan fingerprint density at radius 2 is 2.13 bits per heavy atom. The first kappa shape index (κ1) is 10.7. The van der Waals surface area contributed by atoms with Gasteiger partial charge in [0.25, 0.3) is 0 Å². The van der Waals surface area contributed by atoms with Crippen LogP contribution < -0.4 is 0 Å². The van der Waals surface area contributed by atoms with E-state index in [9.17, 15) is 4.79 Å². The highest BCUT2D eigenvalue weighted by Gasteiger charge is 2.56. The zero-order valence-electron chi connectivity index (χ0n) is 9.82. The van der Waals surface area contributed by atoms with Crippen LogP contribution in [0.3, 0.4) is 0 Å². The molecule has 2 fully saturated rings. The largest absolute Gasteiger partial charge is 0.459 e. The molecule has 0 aromatic heterocycles. The number of carbonyl (C=O) groups excluding carboxylic acids is 1. The Hall–Kier alpha value is -0.790. The van der Waals surface area contributed by atoms with Gasteiger partial charge in [-0.2, -0.15) is 0 Å². The quantitative estimate of drug-likeness (QED) is 0.515. The van der Waals surface area contributed by atoms with Crippen molar-refractivity contribution in [1.82, 2.24) is 0 Å². The molecule has 0 spiro atoms. The Balaban J connectivity index is 2.09. The summed E-state index contributed by atoms with van der Waals surface area (Å²) in [5.41, 5.74) is 0.315. The van der Waals surface area contributed by atoms with Gasteiger partial charge in [-0.3, -0.25) is 0 Å². The molecule has 0 aromatic rings. The highest BCUT2D eigenvalue weighted by Crippen LogP contribution is 2.59. The van der Waals surface area contributed by atoms with Crippen molar-refractivity contribution in [3.63, 3.8) is 0 Å². The van der Waals surface area contributed by atoms with Crippen molar-refractivity contribution in [2.75, 3.05) is 0 Å². The van der Waals surface area contributed by atoms with Crippen molar-refractivity contribution in [1.29, 1.82) is 0 Å². The molecule has 0 aliphatic heterocycles. The van der Waals surface area contributed by atoms with E-state index in [1.807, 2.05) is 0 Å². The molecule has 84 valence electrons. The van der Waals surface area contributed by atoms with Gasteiger partial charge >= 0.3 is 5.97 Å². The number of ether oxygens (including phenoxy) is 1. The van der Waals surface area contributed by atoms with Crippen molar-refractivity contribution in [2.45, 2.75) is 39.7 Å². The SMILES string of the molecule is C=CC(=O)OC1CC2CC1C(C)(C)C2C. The average Bonchev–Trinajstić information content (AvgIpc) is 2.67. The van der Waals surface area contributed by atoms with Crippen LogP contribution in [0, 0.1) is 23.2 Å². The van der Waals surface area contributed by atoms with Crippen LogP contribution in [0.15, 0.2) is 12.7 Å². The van der Waals surface area contributed by atoms with Gasteiger partial charge in [0.2, 0.25) is 0 Å². The van der Waals surface area contributed by atoms with Gasteiger partial charge in [-0.1, -0.05) is 27.4 Å². The molecule has 2 bridgehead atoms. The van der Waals surface area contributed by atoms with Gasteiger partial charge in [-0.15, -0.1) is 0 Å². The molecule has 4 atom stereocenters. The molecule has 0 amide bonds. The zero-order chi connectivity index (χ0) is 11.2. The van der Waals surface area contributed by atoms with E-state index in [4.69, 9.17) is 4.74 Å². The molecule has 0 heterocycles. The Morgan fingerprint density at radius 1 is 1.47 bits per heavy atom. The molecule has 2 aliphatic carbocycles. The summed E-state index contributed by atoms with van der Waals surface area (Å²) in [6.07, 6.45) is 3.67. The predicted octanol–water partition coefficient (Wildman–Crippen LogP) is 2.79. The summed E-state index contributed by atoms with van der Waals surface area (Å²) in [5.74, 6) is 1.77. The van der Waals surface area contributed by atoms with Crippen LogP contribution in [0.1, 0.15) is 33.6 Å². The molecule has 0 saturated heterocycles. The molecule has 2 aliphatic rings. The van der Waals surface area contributed by atoms with Crippen LogP contribution in [0.5, 0.6) is 0 Å². The smallest absolute Gasteiger partial charge is 0.330 e. The highest BCUT2D eigenvalue weighted by atomic mass is 16.5. The lowest BCUT2D eigenvalue weighted by Gasteiger charge is -2.40. The molecule has 0 radical (unpaired) electrons. The van der Waals surface area contributed by atoms with Crippen molar-refractivity contribution in [3.05, 3.63) is 12.7 Å². The molecular weight excluding hydrogens is 188 g/mol. The summed E-state index contributed by atoms with van der Waals surface area (Å²) in [6, 6.07) is 0. The lowest BCUT2D eigenvalue weighted by atomic mass is 9.68. The van der Waals surface area contributed by atoms with Crippen LogP contribution >= 0.6 is 0 Å². The van der Waals surface area contributed by atoms with Crippen molar-refractivity contribution in [3.8, 4) is 0 Å². The van der Waals surface area contributed by atoms with Crippen molar-refractivity contribution in [2.24, 2.45) is 23.2 Å². The normalized spacial score (nSPS) is 41.5. The Kier molecular flexibility index (Phi) is 2.40. The number of hydrogen-bond acceptors (Lipinski definition) is 2. The average molecular weight is 208 g/mol. The van der Waals surface area contributed by atoms with Gasteiger partial charge in [0, 0.05) is 12.0 Å². The second-order valence-electron chi connectivity index (χ2n) is 5.63. The number of carbonyl (C=O) groups is 1. The van der Waals surface area contributed by atoms with E-state index in [-0.39, 0.29) is 12.1 Å². The molecule has 0 N–H and O–H groups in total. The molecule has 0 aromatic carbocycles. The van der Waals surface area contributed by atoms with Gasteiger partial charge in [0.1, 0.15) is 6.10 Å². The van der Waals surface area contributed by atoms with Gasteiger partial charge < -0.3 is 4.74 Å². The number of rotatable bonds is 2. The second kappa shape index (κ2) is 3.36. The number of fused-ring (bicyclic) bond motifs is 2. The first-order valence-electron chi connectivity index (χ1n) is 5.80. The van der Waals surface area contributed by atoms with Gasteiger partial charge in [0.15, 0.2) is 0 Å². The molecule has 2 rings (SSSR count). The van der Waals surface area contributed by atoms with E-state index in [1.54, 1.807) is 0 Å². The first-order chi connectivity index (χ1) is 6.96. The monoisotopic (exact) mass is 208 g/mol. The lowest BCUT2D eigenvalue weighted by Crippen LogP contribution is -2.38. The molecular formula is C13H20O2. The summed E-state index contributed by atoms with van der Waals surface area (Å²) in [6.45, 7) is 10.4. The molecule has 2 saturated carbocycles. The highest BCUT2D eigenvalue weighted by molar-refractivity contribution is 5.81. The zero-order valence-corrected chi connectivity index (χ0v) is 9.82. The maximum absolute atomic E-state index is 11.2. The van der Waals surface area contributed by atoms with E-state index in [1.165, 1.54) is 12.5 Å². The fourth-order valence-corrected chi connectivity index (χ4v) is 3.50. The third-order valence-corrected chi connectivity index (χ3v) is 4.81. The number of esters is 1. The summed E-state index contributed by atoms with van der Waals surface area (Å²) in [7, 11) is 0. The van der Waals surface area contributed by atoms with E-state index < -0.39 is 0 Å². The summed E-state index contributed by atoms with van der Waals surface area (Å²) in [5, 5.41) is 0. The van der Waals surface area contributed by atoms with Crippen molar-refractivity contribution < 1.29 is 9.53 Å². The predicted molar refractivity (Wildman–Crippen MR) is 59.2 cm³/mol. The maximum Gasteiger partial charge on any atom is 0.330 e. The Morgan fingerprint density at radius 3 is 2.60 bits per heavy atom. The Labute approximate surface area is 91.7 Å². The van der Waals surface area contributed by atoms with Crippen LogP contribution in [0.4, 0.5) is 0 Å². The minimum atomic E-state index is -0.268. The second-order valence-corrected chi connectivity index (χ2v) is 5.63. The third-order valence-electron chi connectivity index (χ3n) is 4.81. The number of hydrogen-bond donors (Lipinski definition) is 0. The minimum Gasteiger partial charge on any atom is -0.459 e. The fourth-order valence-electron chi connectivity index (χ4n) is 3.50. The lowest BCUT2D eigenvalue weighted by molar-refractivity contribution is -0.149. The topological polar surface area (TPSA) is 26.3 Å². The van der Waals surface area contributed by atoms with Gasteiger partial charge in [0.05, 0.1) is 0 Å². The molecule has 4 unspecified atom stereocenters. The first-order valence-corrected chi connectivity index (χ1v) is 5.80. The summed E-state index contributed by atoms with van der Waals surface area (Å²) < 4.78 is 5.42. The van der Waals surface area contributed by atoms with Crippen molar-refractivity contribution >= 4 is 5.97 Å². The summed E-state index contributed by atoms with van der Waals surface area (Å²) in [4.78, 5) is 11.2. The Bertz CT molecular complexity index is 293. The summed E-state index contributed by atoms with van der Waals surface area (Å²) >= 11 is 0. The van der Waals surface area contributed by atoms with E-state index in [0.29, 0.717) is 11.3 Å². The van der Waals surface area contributed by atoms with Gasteiger partial charge in [-0.05, 0) is 30.1 Å². The fraction of sp³-hybridized carbons (Fsp3) is 0.769. The molecule has 2 nitrogen and oxygen atoms in total. The maximum atomic E-state index is 11.2. The molecule has 2 heteroatoms. The van der Waals surface area contributed by atoms with E-state index in [0.717, 1.165) is 18.3 Å². The van der Waals surface area contributed by atoms with Gasteiger partial charge in [-0.25, -0.2) is 4.79 Å².